The van der Waals surface area contributed by atoms with Crippen molar-refractivity contribution >= 4 is 13.3 Å². The van der Waals surface area contributed by atoms with Gasteiger partial charge in [-0.1, -0.05) is 30.5 Å². The molecule has 19 heavy (non-hydrogen) atoms. The molecule has 0 aliphatic carbocycles. The van der Waals surface area contributed by atoms with Crippen molar-refractivity contribution in [3.8, 4) is 22.6 Å². The van der Waals surface area contributed by atoms with Gasteiger partial charge in [0.15, 0.2) is 0 Å². The van der Waals surface area contributed by atoms with Crippen LogP contribution >= 0.6 is 13.3 Å². The predicted molar refractivity (Wildman–Crippen MR) is 75.0 cm³/mol. The van der Waals surface area contributed by atoms with E-state index in [2.05, 4.69) is 34.3 Å². The van der Waals surface area contributed by atoms with Gasteiger partial charge in [0.05, 0.1) is 0 Å². The summed E-state index contributed by atoms with van der Waals surface area (Å²) in [5.41, 5.74) is 3.62. The van der Waals surface area contributed by atoms with Crippen LogP contribution < -0.4 is 0 Å². The van der Waals surface area contributed by atoms with Crippen molar-refractivity contribution in [3.05, 3.63) is 61.1 Å². The molecular weight excluding hydrogens is 485 g/mol. The van der Waals surface area contributed by atoms with Gasteiger partial charge in [-0.05, 0) is 23.5 Å². The first-order valence-corrected chi connectivity index (χ1v) is 10.5. The summed E-state index contributed by atoms with van der Waals surface area (Å²) in [5.74, 6) is 0. The van der Waals surface area contributed by atoms with E-state index >= 15 is 0 Å². The summed E-state index contributed by atoms with van der Waals surface area (Å²) in [7, 11) is 0. The van der Waals surface area contributed by atoms with Gasteiger partial charge < -0.3 is 15.0 Å². The largest absolute Gasteiger partial charge is 0.414 e. The maximum absolute atomic E-state index is 4.28. The summed E-state index contributed by atoms with van der Waals surface area (Å²) in [5, 5.41) is 0. The van der Waals surface area contributed by atoms with Crippen molar-refractivity contribution in [2.75, 3.05) is 0 Å². The normalized spacial score (nSPS) is 9.63. The number of nitrogens with zero attached hydrogens (tertiary/aromatic N) is 2. The Morgan fingerprint density at radius 1 is 0.947 bits per heavy atom. The number of pyridine rings is 2. The van der Waals surface area contributed by atoms with E-state index in [4.69, 9.17) is 0 Å². The molecule has 0 atom stereocenters. The molecule has 0 aliphatic rings. The number of hydrogen-bond donors (Lipinski definition) is 1. The van der Waals surface area contributed by atoms with E-state index in [1.807, 2.05) is 60.4 Å². The molecule has 5 heteroatoms. The van der Waals surface area contributed by atoms with Crippen LogP contribution in [-0.4, -0.2) is 15.0 Å². The third-order valence-corrected chi connectivity index (χ3v) is 2.48. The SMILES string of the molecule is [Br][Pt+].[c-]1c(-c2ccccn2)c[nH]c1-c1ccccn1. The van der Waals surface area contributed by atoms with Gasteiger partial charge >= 0.3 is 31.1 Å². The molecule has 98 valence electrons. The van der Waals surface area contributed by atoms with Crippen LogP contribution in [0.4, 0.5) is 0 Å². The third-order valence-electron chi connectivity index (χ3n) is 2.48. The molecule has 3 aromatic rings. The minimum absolute atomic E-state index is 0.881. The van der Waals surface area contributed by atoms with Crippen LogP contribution in [0, 0.1) is 6.07 Å². The molecule has 0 saturated heterocycles. The summed E-state index contributed by atoms with van der Waals surface area (Å²) in [6.07, 6.45) is 5.44. The Kier molecular flexibility index (Phi) is 5.49. The van der Waals surface area contributed by atoms with E-state index in [0.717, 1.165) is 22.6 Å². The molecule has 0 fully saturated rings. The zero-order chi connectivity index (χ0) is 13.5. The fourth-order valence-electron chi connectivity index (χ4n) is 1.66. The first-order valence-electron chi connectivity index (χ1n) is 5.49. The fraction of sp³-hybridized carbons (Fsp3) is 0. The molecule has 0 amide bonds. The number of rotatable bonds is 2. The second-order valence-corrected chi connectivity index (χ2v) is 3.63. The molecule has 3 rings (SSSR count). The molecule has 3 aromatic heterocycles. The van der Waals surface area contributed by atoms with E-state index in [9.17, 15) is 0 Å². The van der Waals surface area contributed by atoms with Crippen LogP contribution in [0.1, 0.15) is 0 Å². The Bertz CT molecular complexity index is 557. The van der Waals surface area contributed by atoms with E-state index in [0.29, 0.717) is 0 Å². The molecule has 0 aliphatic heterocycles. The van der Waals surface area contributed by atoms with Crippen LogP contribution in [0.3, 0.4) is 0 Å². The summed E-state index contributed by atoms with van der Waals surface area (Å²) in [6, 6.07) is 14.9. The molecule has 0 spiro atoms. The first-order chi connectivity index (χ1) is 9.43. The number of halogens is 1. The number of nitrogens with one attached hydrogen (secondary N) is 1. The van der Waals surface area contributed by atoms with Crippen LogP contribution in [-0.2, 0) is 17.8 Å². The zero-order valence-electron chi connectivity index (χ0n) is 9.78. The summed E-state index contributed by atoms with van der Waals surface area (Å²) in [4.78, 5) is 11.7. The van der Waals surface area contributed by atoms with Gasteiger partial charge in [0, 0.05) is 18.1 Å². The molecule has 1 N–H and O–H groups in total. The van der Waals surface area contributed by atoms with Crippen molar-refractivity contribution in [2.45, 2.75) is 0 Å². The van der Waals surface area contributed by atoms with Gasteiger partial charge in [-0.2, -0.15) is 0 Å². The number of H-pyrrole nitrogens is 1. The van der Waals surface area contributed by atoms with Crippen molar-refractivity contribution in [1.82, 2.24) is 15.0 Å². The van der Waals surface area contributed by atoms with Crippen LogP contribution in [0.25, 0.3) is 22.6 Å². The minimum atomic E-state index is 0.881. The molecule has 0 unspecified atom stereocenters. The van der Waals surface area contributed by atoms with Crippen LogP contribution in [0.2, 0.25) is 0 Å². The van der Waals surface area contributed by atoms with Crippen molar-refractivity contribution in [1.29, 1.82) is 0 Å². The van der Waals surface area contributed by atoms with E-state index in [1.165, 1.54) is 0 Å². The average molecular weight is 495 g/mol. The van der Waals surface area contributed by atoms with Crippen LogP contribution in [0.15, 0.2) is 55.0 Å². The molecule has 0 saturated carbocycles. The van der Waals surface area contributed by atoms with E-state index in [-0.39, 0.29) is 0 Å². The monoisotopic (exact) mass is 494 g/mol. The van der Waals surface area contributed by atoms with Crippen molar-refractivity contribution in [2.24, 2.45) is 0 Å². The Morgan fingerprint density at radius 3 is 2.16 bits per heavy atom. The Labute approximate surface area is 129 Å². The first kappa shape index (κ1) is 14.2. The Hall–Kier alpha value is -1.25. The second kappa shape index (κ2) is 7.37. The summed E-state index contributed by atoms with van der Waals surface area (Å²) < 4.78 is 0. The molecule has 0 bridgehead atoms. The smallest absolute Gasteiger partial charge is 0.0161 e. The molecule has 3 nitrogen and oxygen atoms in total. The molecule has 0 aromatic carbocycles. The fourth-order valence-corrected chi connectivity index (χ4v) is 1.66. The minimum Gasteiger partial charge on any atom is -0.414 e. The molecule has 0 radical (unpaired) electrons. The number of aromatic amines is 1. The third kappa shape index (κ3) is 3.61. The predicted octanol–water partition coefficient (Wildman–Crippen LogP) is 3.78. The maximum Gasteiger partial charge on any atom is 0.0161 e. The van der Waals surface area contributed by atoms with Gasteiger partial charge in [0.2, 0.25) is 0 Å². The maximum atomic E-state index is 4.28. The summed E-state index contributed by atoms with van der Waals surface area (Å²) in [6.45, 7) is 0. The van der Waals surface area contributed by atoms with Crippen molar-refractivity contribution in [3.63, 3.8) is 0 Å². The Balaban J connectivity index is 0.000000637. The topological polar surface area (TPSA) is 41.6 Å². The summed E-state index contributed by atoms with van der Waals surface area (Å²) >= 11 is 4.86. The zero-order valence-corrected chi connectivity index (χ0v) is 13.6. The Morgan fingerprint density at radius 2 is 1.58 bits per heavy atom. The van der Waals surface area contributed by atoms with Gasteiger partial charge in [0.25, 0.3) is 0 Å². The molecule has 3 heterocycles. The standard InChI is InChI=1S/C14H10N3.BrH.Pt/c1-3-7-15-12(5-1)11-9-14(17-10-11)13-6-2-4-8-16-13;;/h1-8,10,17H;1H;/q-1;;+2/p-1. The second-order valence-electron chi connectivity index (χ2n) is 3.63. The van der Waals surface area contributed by atoms with Gasteiger partial charge in [0.1, 0.15) is 0 Å². The van der Waals surface area contributed by atoms with E-state index < -0.39 is 0 Å². The molecular formula is C14H10BrN3Pt. The van der Waals surface area contributed by atoms with Crippen LogP contribution in [0.5, 0.6) is 0 Å². The van der Waals surface area contributed by atoms with Gasteiger partial charge in [-0.25, -0.2) is 0 Å². The number of aromatic nitrogens is 3. The quantitative estimate of drug-likeness (QED) is 0.551. The average Bonchev–Trinajstić information content (AvgIpc) is 3.01. The van der Waals surface area contributed by atoms with Gasteiger partial charge in [-0.15, -0.1) is 11.6 Å². The number of hydrogen-bond acceptors (Lipinski definition) is 2. The van der Waals surface area contributed by atoms with Crippen molar-refractivity contribution < 1.29 is 17.8 Å². The van der Waals surface area contributed by atoms with Gasteiger partial charge in [-0.3, -0.25) is 0 Å². The van der Waals surface area contributed by atoms with E-state index in [1.54, 1.807) is 12.4 Å².